The highest BCUT2D eigenvalue weighted by Crippen LogP contribution is 2.36. The summed E-state index contributed by atoms with van der Waals surface area (Å²) in [6, 6.07) is 5.15. The summed E-state index contributed by atoms with van der Waals surface area (Å²) in [4.78, 5) is 15.3. The minimum atomic E-state index is -4.40. The lowest BCUT2D eigenvalue weighted by Crippen LogP contribution is -2.50. The largest absolute Gasteiger partial charge is 0.418 e. The zero-order valence-electron chi connectivity index (χ0n) is 12.1. The van der Waals surface area contributed by atoms with E-state index in [0.29, 0.717) is 26.2 Å². The first-order valence-corrected chi connectivity index (χ1v) is 7.03. The fraction of sp³-hybridized carbons (Fsp3) is 0.357. The maximum absolute atomic E-state index is 13.1. The van der Waals surface area contributed by atoms with Gasteiger partial charge in [0.25, 0.3) is 0 Å². The number of carbonyl (C=O) groups excluding carboxylic acids is 1. The van der Waals surface area contributed by atoms with Crippen LogP contribution in [0.15, 0.2) is 36.7 Å². The molecule has 3 rings (SSSR count). The van der Waals surface area contributed by atoms with E-state index in [1.165, 1.54) is 24.5 Å². The predicted molar refractivity (Wildman–Crippen MR) is 76.0 cm³/mol. The van der Waals surface area contributed by atoms with E-state index >= 15 is 0 Å². The van der Waals surface area contributed by atoms with Crippen LogP contribution in [-0.4, -0.2) is 52.1 Å². The van der Waals surface area contributed by atoms with Crippen molar-refractivity contribution in [3.63, 3.8) is 0 Å². The number of benzene rings is 1. The molecule has 1 amide bonds. The normalized spacial score (nSPS) is 15.8. The molecular formula is C14H14F3N5O. The molecule has 2 heterocycles. The highest BCUT2D eigenvalue weighted by Gasteiger charge is 2.35. The summed E-state index contributed by atoms with van der Waals surface area (Å²) in [5, 5.41) is 7.20. The quantitative estimate of drug-likeness (QED) is 0.806. The van der Waals surface area contributed by atoms with Gasteiger partial charge < -0.3 is 9.80 Å². The first kappa shape index (κ1) is 15.3. The van der Waals surface area contributed by atoms with Crippen LogP contribution in [0, 0.1) is 0 Å². The second-order valence-corrected chi connectivity index (χ2v) is 5.12. The predicted octanol–water partition coefficient (Wildman–Crippen LogP) is 2.09. The summed E-state index contributed by atoms with van der Waals surface area (Å²) >= 11 is 0. The Morgan fingerprint density at radius 3 is 2.39 bits per heavy atom. The van der Waals surface area contributed by atoms with Crippen molar-refractivity contribution in [3.8, 4) is 0 Å². The van der Waals surface area contributed by atoms with Gasteiger partial charge in [-0.2, -0.15) is 17.9 Å². The third kappa shape index (κ3) is 3.13. The molecule has 2 aromatic rings. The zero-order valence-corrected chi connectivity index (χ0v) is 12.1. The number of rotatable bonds is 1. The highest BCUT2D eigenvalue weighted by molar-refractivity contribution is 5.76. The van der Waals surface area contributed by atoms with Gasteiger partial charge in [-0.25, -0.2) is 4.79 Å². The van der Waals surface area contributed by atoms with Gasteiger partial charge in [-0.3, -0.25) is 0 Å². The molecule has 23 heavy (non-hydrogen) atoms. The van der Waals surface area contributed by atoms with Crippen molar-refractivity contribution in [2.24, 2.45) is 0 Å². The third-order valence-corrected chi connectivity index (χ3v) is 3.72. The molecule has 0 saturated carbocycles. The lowest BCUT2D eigenvalue weighted by atomic mass is 10.1. The molecule has 0 bridgehead atoms. The van der Waals surface area contributed by atoms with E-state index in [4.69, 9.17) is 0 Å². The van der Waals surface area contributed by atoms with Gasteiger partial charge >= 0.3 is 12.2 Å². The summed E-state index contributed by atoms with van der Waals surface area (Å²) in [5.74, 6) is 0. The zero-order chi connectivity index (χ0) is 16.4. The number of halogens is 3. The molecule has 1 saturated heterocycles. The average molecular weight is 325 g/mol. The van der Waals surface area contributed by atoms with Crippen LogP contribution in [0.4, 0.5) is 23.7 Å². The fourth-order valence-electron chi connectivity index (χ4n) is 2.58. The van der Waals surface area contributed by atoms with E-state index in [-0.39, 0.29) is 11.7 Å². The molecule has 122 valence electrons. The van der Waals surface area contributed by atoms with Crippen LogP contribution < -0.4 is 4.90 Å². The van der Waals surface area contributed by atoms with Crippen LogP contribution in [0.1, 0.15) is 5.56 Å². The van der Waals surface area contributed by atoms with Crippen molar-refractivity contribution in [1.82, 2.24) is 19.9 Å². The summed E-state index contributed by atoms with van der Waals surface area (Å²) in [5.41, 5.74) is -0.510. The molecule has 0 N–H and O–H groups in total. The molecular weight excluding hydrogens is 311 g/mol. The second kappa shape index (κ2) is 5.90. The molecule has 9 heteroatoms. The number of aromatic nitrogens is 3. The summed E-state index contributed by atoms with van der Waals surface area (Å²) < 4.78 is 40.4. The Morgan fingerprint density at radius 1 is 1.09 bits per heavy atom. The monoisotopic (exact) mass is 325 g/mol. The summed E-state index contributed by atoms with van der Waals surface area (Å²) in [6.45, 7) is 1.30. The first-order chi connectivity index (χ1) is 11.0. The maximum Gasteiger partial charge on any atom is 0.418 e. The molecule has 0 unspecified atom stereocenters. The molecule has 1 fully saturated rings. The van der Waals surface area contributed by atoms with Gasteiger partial charge in [-0.05, 0) is 12.1 Å². The standard InChI is InChI=1S/C14H14F3N5O/c15-14(16,17)11-3-1-2-4-12(11)20-7-9-21(10-8-20)13(23)22-6-5-18-19-22/h1-6H,7-10H2. The average Bonchev–Trinajstić information content (AvgIpc) is 3.08. The van der Waals surface area contributed by atoms with Crippen molar-refractivity contribution in [3.05, 3.63) is 42.2 Å². The minimum absolute atomic E-state index is 0.146. The Kier molecular flexibility index (Phi) is 3.93. The van der Waals surface area contributed by atoms with E-state index < -0.39 is 11.7 Å². The minimum Gasteiger partial charge on any atom is -0.367 e. The van der Waals surface area contributed by atoms with E-state index in [1.807, 2.05) is 0 Å². The number of amides is 1. The van der Waals surface area contributed by atoms with Gasteiger partial charge in [0.1, 0.15) is 0 Å². The lowest BCUT2D eigenvalue weighted by Gasteiger charge is -2.36. The van der Waals surface area contributed by atoms with Crippen molar-refractivity contribution in [2.45, 2.75) is 6.18 Å². The fourth-order valence-corrected chi connectivity index (χ4v) is 2.58. The van der Waals surface area contributed by atoms with Crippen LogP contribution in [0.3, 0.4) is 0 Å². The number of para-hydroxylation sites is 1. The number of anilines is 1. The van der Waals surface area contributed by atoms with E-state index in [9.17, 15) is 18.0 Å². The second-order valence-electron chi connectivity index (χ2n) is 5.12. The van der Waals surface area contributed by atoms with Crippen LogP contribution in [-0.2, 0) is 6.18 Å². The Hall–Kier alpha value is -2.58. The molecule has 6 nitrogen and oxygen atoms in total. The maximum atomic E-state index is 13.1. The number of alkyl halides is 3. The van der Waals surface area contributed by atoms with Gasteiger partial charge in [0.2, 0.25) is 0 Å². The molecule has 0 radical (unpaired) electrons. The molecule has 1 aliphatic rings. The molecule has 0 spiro atoms. The SMILES string of the molecule is O=C(N1CCN(c2ccccc2C(F)(F)F)CC1)n1ccnn1. The van der Waals surface area contributed by atoms with Crippen molar-refractivity contribution >= 4 is 11.7 Å². The van der Waals surface area contributed by atoms with Gasteiger partial charge in [0.05, 0.1) is 18.0 Å². The van der Waals surface area contributed by atoms with Gasteiger partial charge in [-0.1, -0.05) is 17.3 Å². The van der Waals surface area contributed by atoms with Crippen LogP contribution in [0.2, 0.25) is 0 Å². The topological polar surface area (TPSA) is 54.3 Å². The van der Waals surface area contributed by atoms with Crippen molar-refractivity contribution in [1.29, 1.82) is 0 Å². The Balaban J connectivity index is 1.72. The van der Waals surface area contributed by atoms with Crippen molar-refractivity contribution in [2.75, 3.05) is 31.1 Å². The van der Waals surface area contributed by atoms with Crippen LogP contribution in [0.5, 0.6) is 0 Å². The summed E-state index contributed by atoms with van der Waals surface area (Å²) in [6.07, 6.45) is -1.56. The van der Waals surface area contributed by atoms with Gasteiger partial charge in [0.15, 0.2) is 0 Å². The van der Waals surface area contributed by atoms with Gasteiger partial charge in [-0.15, -0.1) is 5.10 Å². The number of carbonyl (C=O) groups is 1. The first-order valence-electron chi connectivity index (χ1n) is 7.03. The lowest BCUT2D eigenvalue weighted by molar-refractivity contribution is -0.137. The highest BCUT2D eigenvalue weighted by atomic mass is 19.4. The molecule has 1 aromatic carbocycles. The molecule has 1 aromatic heterocycles. The smallest absolute Gasteiger partial charge is 0.367 e. The van der Waals surface area contributed by atoms with E-state index in [0.717, 1.165) is 10.7 Å². The number of nitrogens with zero attached hydrogens (tertiary/aromatic N) is 5. The Bertz CT molecular complexity index is 678. The number of hydrogen-bond donors (Lipinski definition) is 0. The third-order valence-electron chi connectivity index (χ3n) is 3.72. The number of piperazine rings is 1. The van der Waals surface area contributed by atoms with Crippen molar-refractivity contribution < 1.29 is 18.0 Å². The van der Waals surface area contributed by atoms with E-state index in [1.54, 1.807) is 15.9 Å². The molecule has 0 aliphatic carbocycles. The van der Waals surface area contributed by atoms with E-state index in [2.05, 4.69) is 10.3 Å². The Morgan fingerprint density at radius 2 is 1.78 bits per heavy atom. The van der Waals surface area contributed by atoms with Crippen LogP contribution in [0.25, 0.3) is 0 Å². The Labute approximate surface area is 130 Å². The summed E-state index contributed by atoms with van der Waals surface area (Å²) in [7, 11) is 0. The van der Waals surface area contributed by atoms with Crippen LogP contribution >= 0.6 is 0 Å². The van der Waals surface area contributed by atoms with Gasteiger partial charge in [0, 0.05) is 31.9 Å². The molecule has 0 atom stereocenters. The molecule has 1 aliphatic heterocycles. The number of hydrogen-bond acceptors (Lipinski definition) is 4.